The van der Waals surface area contributed by atoms with Gasteiger partial charge < -0.3 is 9.80 Å². The van der Waals surface area contributed by atoms with Gasteiger partial charge in [0.2, 0.25) is 6.71 Å². The molecule has 0 spiro atoms. The van der Waals surface area contributed by atoms with Crippen LogP contribution in [0, 0.1) is 6.92 Å². The van der Waals surface area contributed by atoms with Gasteiger partial charge in [-0.15, -0.1) is 11.3 Å². The molecule has 5 heterocycles. The molecule has 0 atom stereocenters. The average molecular weight is 733 g/mol. The fourth-order valence-electron chi connectivity index (χ4n) is 10.3. The van der Waals surface area contributed by atoms with Crippen molar-refractivity contribution in [2.75, 3.05) is 9.80 Å². The highest BCUT2D eigenvalue weighted by Gasteiger charge is 2.52. The van der Waals surface area contributed by atoms with Crippen LogP contribution in [0.25, 0.3) is 31.3 Å². The molecule has 4 aliphatic rings. The first-order chi connectivity index (χ1) is 27.3. The zero-order valence-corrected chi connectivity index (χ0v) is 31.6. The minimum Gasteiger partial charge on any atom is -0.312 e. The zero-order chi connectivity index (χ0) is 35.9. The SMILES string of the molecule is Cc1ccccc1N1c2ccccc2B2c3ccccc3N3c4ccccc4B4c5ccccc5Sc5c4c3c2c1c5-c1cccc2sc3ccccc3c12. The number of nitrogens with zero attached hydrogens (tertiary/aromatic N) is 2. The Balaban J connectivity index is 1.30. The second-order valence-electron chi connectivity index (χ2n) is 15.1. The number of fused-ring (bicyclic) bond motifs is 13. The van der Waals surface area contributed by atoms with Gasteiger partial charge in [0.1, 0.15) is 0 Å². The molecule has 0 N–H and O–H groups in total. The molecule has 0 aliphatic carbocycles. The molecule has 254 valence electrons. The minimum atomic E-state index is 0.0597. The molecule has 55 heavy (non-hydrogen) atoms. The highest BCUT2D eigenvalue weighted by molar-refractivity contribution is 8.00. The molecule has 4 aliphatic heterocycles. The predicted octanol–water partition coefficient (Wildman–Crippen LogP) is 9.41. The van der Waals surface area contributed by atoms with Crippen LogP contribution in [0.4, 0.5) is 34.1 Å². The summed E-state index contributed by atoms with van der Waals surface area (Å²) in [4.78, 5) is 7.98. The number of hydrogen-bond acceptors (Lipinski definition) is 4. The van der Waals surface area contributed by atoms with Gasteiger partial charge in [-0.1, -0.05) is 139 Å². The van der Waals surface area contributed by atoms with Gasteiger partial charge >= 0.3 is 0 Å². The van der Waals surface area contributed by atoms with Crippen molar-refractivity contribution < 1.29 is 0 Å². The molecule has 8 aromatic carbocycles. The van der Waals surface area contributed by atoms with Crippen molar-refractivity contribution in [2.24, 2.45) is 0 Å². The van der Waals surface area contributed by atoms with Crippen molar-refractivity contribution in [1.29, 1.82) is 0 Å². The zero-order valence-electron chi connectivity index (χ0n) is 30.0. The number of rotatable bonds is 2. The molecule has 0 saturated carbocycles. The van der Waals surface area contributed by atoms with Gasteiger partial charge in [0.15, 0.2) is 0 Å². The summed E-state index contributed by atoms with van der Waals surface area (Å²) in [5.74, 6) is 0. The molecular weight excluding hydrogens is 702 g/mol. The fraction of sp³-hybridized carbons (Fsp3) is 0.0204. The summed E-state index contributed by atoms with van der Waals surface area (Å²) in [5.41, 5.74) is 19.9. The van der Waals surface area contributed by atoms with E-state index in [-0.39, 0.29) is 13.4 Å². The van der Waals surface area contributed by atoms with Crippen LogP contribution in [0.5, 0.6) is 0 Å². The third kappa shape index (κ3) is 3.88. The lowest BCUT2D eigenvalue weighted by molar-refractivity contribution is 1.22. The van der Waals surface area contributed by atoms with Crippen LogP contribution in [0.15, 0.2) is 174 Å². The largest absolute Gasteiger partial charge is 0.312 e. The lowest BCUT2D eigenvalue weighted by Crippen LogP contribution is -2.68. The van der Waals surface area contributed by atoms with E-state index in [0.29, 0.717) is 0 Å². The van der Waals surface area contributed by atoms with Crippen molar-refractivity contribution in [3.63, 3.8) is 0 Å². The van der Waals surface area contributed by atoms with Gasteiger partial charge in [-0.25, -0.2) is 0 Å². The van der Waals surface area contributed by atoms with E-state index >= 15 is 0 Å². The van der Waals surface area contributed by atoms with E-state index in [4.69, 9.17) is 0 Å². The summed E-state index contributed by atoms with van der Waals surface area (Å²) in [5, 5.41) is 2.68. The van der Waals surface area contributed by atoms with E-state index in [1.807, 2.05) is 23.1 Å². The van der Waals surface area contributed by atoms with Crippen LogP contribution < -0.4 is 42.6 Å². The third-order valence-corrected chi connectivity index (χ3v) is 14.8. The van der Waals surface area contributed by atoms with E-state index in [2.05, 4.69) is 181 Å². The Morgan fingerprint density at radius 2 is 1.00 bits per heavy atom. The number of hydrogen-bond donors (Lipinski definition) is 0. The first kappa shape index (κ1) is 30.4. The van der Waals surface area contributed by atoms with Crippen molar-refractivity contribution in [1.82, 2.24) is 0 Å². The van der Waals surface area contributed by atoms with Crippen LogP contribution in [-0.4, -0.2) is 13.4 Å². The van der Waals surface area contributed by atoms with Crippen molar-refractivity contribution in [2.45, 2.75) is 16.7 Å². The van der Waals surface area contributed by atoms with E-state index in [0.717, 1.165) is 0 Å². The van der Waals surface area contributed by atoms with E-state index < -0.39 is 0 Å². The number of aryl methyl sites for hydroxylation is 1. The quantitative estimate of drug-likeness (QED) is 0.164. The van der Waals surface area contributed by atoms with Crippen molar-refractivity contribution in [3.8, 4) is 11.1 Å². The van der Waals surface area contributed by atoms with Crippen molar-refractivity contribution in [3.05, 3.63) is 169 Å². The molecule has 2 nitrogen and oxygen atoms in total. The van der Waals surface area contributed by atoms with Crippen LogP contribution in [0.3, 0.4) is 0 Å². The molecule has 0 saturated heterocycles. The maximum atomic E-state index is 2.64. The van der Waals surface area contributed by atoms with Gasteiger partial charge in [-0.05, 0) is 87.8 Å². The number of benzene rings is 8. The van der Waals surface area contributed by atoms with Crippen molar-refractivity contribution >= 4 is 124 Å². The maximum Gasteiger partial charge on any atom is 0.252 e. The van der Waals surface area contributed by atoms with Gasteiger partial charge in [0.05, 0.1) is 5.69 Å². The summed E-state index contributed by atoms with van der Waals surface area (Å²) in [6.07, 6.45) is 0. The highest BCUT2D eigenvalue weighted by atomic mass is 32.2. The molecule has 6 heteroatoms. The molecule has 0 radical (unpaired) electrons. The Morgan fingerprint density at radius 1 is 0.455 bits per heavy atom. The van der Waals surface area contributed by atoms with E-state index in [1.165, 1.54) is 114 Å². The lowest BCUT2D eigenvalue weighted by Gasteiger charge is -2.50. The molecule has 0 unspecified atom stereocenters. The summed E-state index contributed by atoms with van der Waals surface area (Å²) in [7, 11) is 0. The van der Waals surface area contributed by atoms with Gasteiger partial charge in [-0.3, -0.25) is 0 Å². The fourth-order valence-corrected chi connectivity index (χ4v) is 12.8. The van der Waals surface area contributed by atoms with Gasteiger partial charge in [0.25, 0.3) is 6.71 Å². The van der Waals surface area contributed by atoms with E-state index in [9.17, 15) is 0 Å². The molecule has 0 fully saturated rings. The Labute approximate surface area is 328 Å². The molecule has 0 amide bonds. The first-order valence-electron chi connectivity index (χ1n) is 19.1. The molecular formula is C49H30B2N2S2. The Bertz CT molecular complexity index is 3140. The average Bonchev–Trinajstić information content (AvgIpc) is 3.63. The maximum absolute atomic E-state index is 2.64. The van der Waals surface area contributed by atoms with Crippen LogP contribution in [-0.2, 0) is 0 Å². The Hall–Kier alpha value is -5.94. The van der Waals surface area contributed by atoms with Crippen LogP contribution >= 0.6 is 23.1 Å². The molecule has 1 aromatic heterocycles. The van der Waals surface area contributed by atoms with Gasteiger partial charge in [0, 0.05) is 64.0 Å². The highest BCUT2D eigenvalue weighted by Crippen LogP contribution is 2.55. The number of para-hydroxylation sites is 4. The monoisotopic (exact) mass is 732 g/mol. The van der Waals surface area contributed by atoms with E-state index in [1.54, 1.807) is 0 Å². The molecule has 13 rings (SSSR count). The molecule has 9 aromatic rings. The number of anilines is 6. The second-order valence-corrected chi connectivity index (χ2v) is 17.3. The number of thiophene rings is 1. The van der Waals surface area contributed by atoms with Crippen LogP contribution in [0.2, 0.25) is 0 Å². The standard InChI is InChI=1S/C49H30B2N2S2/c1-29-15-2-8-22-36(29)52-37-23-9-4-18-32(37)50-33-19-5-10-24-38(33)53-39-25-11-6-20-34(39)51-35-21-7-13-27-41(35)55-49-44(47(52)45(50)48(53)46(49)51)31-17-14-28-42-43(31)30-16-3-12-26-40(30)54-42/h2-28H,1H3. The topological polar surface area (TPSA) is 6.48 Å². The Kier molecular flexibility index (Phi) is 6.12. The minimum absolute atomic E-state index is 0.0597. The lowest BCUT2D eigenvalue weighted by atomic mass is 9.29. The van der Waals surface area contributed by atoms with Crippen LogP contribution in [0.1, 0.15) is 5.56 Å². The third-order valence-electron chi connectivity index (χ3n) is 12.4. The van der Waals surface area contributed by atoms with Gasteiger partial charge in [-0.2, -0.15) is 0 Å². The summed E-state index contributed by atoms with van der Waals surface area (Å²) in [6, 6.07) is 61.8. The normalized spacial score (nSPS) is 14.1. The second kappa shape index (κ2) is 11.1. The summed E-state index contributed by atoms with van der Waals surface area (Å²) < 4.78 is 2.66. The summed E-state index contributed by atoms with van der Waals surface area (Å²) in [6.45, 7) is 2.43. The smallest absolute Gasteiger partial charge is 0.252 e. The molecule has 0 bridgehead atoms. The Morgan fingerprint density at radius 3 is 1.71 bits per heavy atom. The predicted molar refractivity (Wildman–Crippen MR) is 239 cm³/mol. The first-order valence-corrected chi connectivity index (χ1v) is 20.7. The summed E-state index contributed by atoms with van der Waals surface area (Å²) >= 11 is 3.88.